The smallest absolute Gasteiger partial charge is 0.234 e. The van der Waals surface area contributed by atoms with E-state index in [9.17, 15) is 0 Å². The summed E-state index contributed by atoms with van der Waals surface area (Å²) in [6.07, 6.45) is 4.20. The lowest BCUT2D eigenvalue weighted by atomic mass is 10.0. The molecule has 0 bridgehead atoms. The number of ether oxygens (including phenoxy) is 1. The van der Waals surface area contributed by atoms with Crippen molar-refractivity contribution in [3.63, 3.8) is 0 Å². The lowest BCUT2D eigenvalue weighted by molar-refractivity contribution is 0.196. The average Bonchev–Trinajstić information content (AvgIpc) is 2.97. The quantitative estimate of drug-likeness (QED) is 0.760. The number of anilines is 1. The van der Waals surface area contributed by atoms with E-state index in [4.69, 9.17) is 21.4 Å². The number of hydrogen-bond donors (Lipinski definition) is 2. The van der Waals surface area contributed by atoms with Crippen LogP contribution in [0.25, 0.3) is 10.9 Å². The number of fused-ring (bicyclic) bond motifs is 3. The molecule has 7 heteroatoms. The van der Waals surface area contributed by atoms with E-state index in [0.717, 1.165) is 41.3 Å². The Balaban J connectivity index is 1.64. The highest BCUT2D eigenvalue weighted by Crippen LogP contribution is 2.31. The lowest BCUT2D eigenvalue weighted by Gasteiger charge is -2.28. The number of nitrogens with one attached hydrogen (secondary N) is 1. The van der Waals surface area contributed by atoms with E-state index in [1.807, 2.05) is 18.2 Å². The van der Waals surface area contributed by atoms with Gasteiger partial charge in [-0.05, 0) is 18.2 Å². The SMILES string of the molecule is OCCOc1cncc(N2CCc3[nH]c4ccc(Cl)cc4c3C2)n1. The predicted molar refractivity (Wildman–Crippen MR) is 92.7 cm³/mol. The number of halogens is 1. The standard InChI is InChI=1S/C17H17ClN4O2/c18-11-1-2-14-12(7-11)13-10-22(4-3-15(13)20-14)16-8-19-9-17(21-16)24-6-5-23/h1-2,7-9,20,23H,3-6,10H2. The number of benzene rings is 1. The summed E-state index contributed by atoms with van der Waals surface area (Å²) in [5.74, 6) is 1.20. The summed E-state index contributed by atoms with van der Waals surface area (Å²) in [6, 6.07) is 5.92. The Morgan fingerprint density at radius 1 is 1.33 bits per heavy atom. The maximum atomic E-state index is 8.86. The van der Waals surface area contributed by atoms with Gasteiger partial charge in [-0.25, -0.2) is 0 Å². The zero-order valence-corrected chi connectivity index (χ0v) is 13.8. The number of H-pyrrole nitrogens is 1. The zero-order valence-electron chi connectivity index (χ0n) is 13.0. The highest BCUT2D eigenvalue weighted by molar-refractivity contribution is 6.31. The molecule has 0 radical (unpaired) electrons. The monoisotopic (exact) mass is 344 g/mol. The summed E-state index contributed by atoms with van der Waals surface area (Å²) in [5.41, 5.74) is 3.61. The Bertz CT molecular complexity index is 880. The summed E-state index contributed by atoms with van der Waals surface area (Å²) < 4.78 is 5.35. The van der Waals surface area contributed by atoms with E-state index in [-0.39, 0.29) is 13.2 Å². The van der Waals surface area contributed by atoms with E-state index in [2.05, 4.69) is 19.9 Å². The predicted octanol–water partition coefficient (Wildman–Crippen LogP) is 2.55. The summed E-state index contributed by atoms with van der Waals surface area (Å²) in [4.78, 5) is 14.3. The van der Waals surface area contributed by atoms with Gasteiger partial charge in [-0.2, -0.15) is 4.98 Å². The maximum Gasteiger partial charge on any atom is 0.234 e. The van der Waals surface area contributed by atoms with Gasteiger partial charge < -0.3 is 19.7 Å². The second-order valence-corrected chi connectivity index (χ2v) is 6.17. The van der Waals surface area contributed by atoms with Gasteiger partial charge in [-0.3, -0.25) is 4.98 Å². The molecular formula is C17H17ClN4O2. The van der Waals surface area contributed by atoms with Crippen LogP contribution < -0.4 is 9.64 Å². The summed E-state index contributed by atoms with van der Waals surface area (Å²) in [6.45, 7) is 1.76. The number of hydrogen-bond acceptors (Lipinski definition) is 5. The van der Waals surface area contributed by atoms with Crippen LogP contribution in [0.2, 0.25) is 5.02 Å². The van der Waals surface area contributed by atoms with Crippen LogP contribution >= 0.6 is 11.6 Å². The molecule has 6 nitrogen and oxygen atoms in total. The first-order valence-electron chi connectivity index (χ1n) is 7.84. The van der Waals surface area contributed by atoms with Gasteiger partial charge in [0.1, 0.15) is 6.61 Å². The molecule has 0 amide bonds. The van der Waals surface area contributed by atoms with Gasteiger partial charge in [0.25, 0.3) is 0 Å². The minimum absolute atomic E-state index is 0.0465. The molecule has 24 heavy (non-hydrogen) atoms. The Morgan fingerprint density at radius 2 is 2.25 bits per heavy atom. The van der Waals surface area contributed by atoms with E-state index >= 15 is 0 Å². The first kappa shape index (κ1) is 15.2. The molecule has 1 aromatic carbocycles. The van der Waals surface area contributed by atoms with Crippen LogP contribution in [0.3, 0.4) is 0 Å². The van der Waals surface area contributed by atoms with Gasteiger partial charge in [0, 0.05) is 46.7 Å². The van der Waals surface area contributed by atoms with Crippen molar-refractivity contribution in [3.05, 3.63) is 46.9 Å². The number of aliphatic hydroxyl groups is 1. The Labute approximate surface area is 144 Å². The third kappa shape index (κ3) is 2.79. The normalized spacial score (nSPS) is 14.0. The van der Waals surface area contributed by atoms with Crippen molar-refractivity contribution in [3.8, 4) is 5.88 Å². The van der Waals surface area contributed by atoms with Gasteiger partial charge in [-0.1, -0.05) is 11.6 Å². The van der Waals surface area contributed by atoms with Gasteiger partial charge in [0.05, 0.1) is 19.0 Å². The number of aromatic nitrogens is 3. The van der Waals surface area contributed by atoms with Crippen LogP contribution in [-0.4, -0.2) is 39.8 Å². The van der Waals surface area contributed by atoms with Gasteiger partial charge in [0.15, 0.2) is 5.82 Å². The van der Waals surface area contributed by atoms with Gasteiger partial charge in [-0.15, -0.1) is 0 Å². The van der Waals surface area contributed by atoms with Crippen molar-refractivity contribution in [2.24, 2.45) is 0 Å². The third-order valence-electron chi connectivity index (χ3n) is 4.20. The van der Waals surface area contributed by atoms with Gasteiger partial charge in [0.2, 0.25) is 5.88 Å². The molecule has 4 rings (SSSR count). The van der Waals surface area contributed by atoms with Crippen molar-refractivity contribution < 1.29 is 9.84 Å². The third-order valence-corrected chi connectivity index (χ3v) is 4.44. The first-order chi connectivity index (χ1) is 11.7. The number of rotatable bonds is 4. The van der Waals surface area contributed by atoms with E-state index in [1.165, 1.54) is 11.3 Å². The molecule has 2 N–H and O–H groups in total. The molecule has 0 aliphatic carbocycles. The highest BCUT2D eigenvalue weighted by atomic mass is 35.5. The summed E-state index contributed by atoms with van der Waals surface area (Å²) in [7, 11) is 0. The molecule has 0 spiro atoms. The first-order valence-corrected chi connectivity index (χ1v) is 8.22. The van der Waals surface area contributed by atoms with Crippen LogP contribution in [0.4, 0.5) is 5.82 Å². The Morgan fingerprint density at radius 3 is 3.12 bits per heavy atom. The zero-order chi connectivity index (χ0) is 16.5. The Kier molecular flexibility index (Phi) is 4.00. The molecule has 1 aliphatic rings. The molecule has 0 unspecified atom stereocenters. The molecule has 124 valence electrons. The second-order valence-electron chi connectivity index (χ2n) is 5.73. The van der Waals surface area contributed by atoms with E-state index in [1.54, 1.807) is 12.4 Å². The molecule has 3 aromatic rings. The number of aliphatic hydroxyl groups excluding tert-OH is 1. The minimum Gasteiger partial charge on any atom is -0.474 e. The van der Waals surface area contributed by atoms with Crippen molar-refractivity contribution in [2.75, 3.05) is 24.7 Å². The average molecular weight is 345 g/mol. The van der Waals surface area contributed by atoms with Crippen LogP contribution in [-0.2, 0) is 13.0 Å². The minimum atomic E-state index is -0.0465. The summed E-state index contributed by atoms with van der Waals surface area (Å²) >= 11 is 6.15. The molecule has 0 atom stereocenters. The fourth-order valence-corrected chi connectivity index (χ4v) is 3.26. The molecule has 1 aliphatic heterocycles. The molecule has 0 fully saturated rings. The van der Waals surface area contributed by atoms with Crippen LogP contribution in [0.1, 0.15) is 11.3 Å². The van der Waals surface area contributed by atoms with Crippen molar-refractivity contribution in [1.82, 2.24) is 15.0 Å². The fraction of sp³-hybridized carbons (Fsp3) is 0.294. The molecule has 3 heterocycles. The maximum absolute atomic E-state index is 8.86. The van der Waals surface area contributed by atoms with Crippen LogP contribution in [0, 0.1) is 0 Å². The molecule has 0 saturated heterocycles. The van der Waals surface area contributed by atoms with Crippen molar-refractivity contribution >= 4 is 28.3 Å². The topological polar surface area (TPSA) is 74.3 Å². The second kappa shape index (κ2) is 6.30. The highest BCUT2D eigenvalue weighted by Gasteiger charge is 2.22. The fourth-order valence-electron chi connectivity index (χ4n) is 3.09. The van der Waals surface area contributed by atoms with E-state index in [0.29, 0.717) is 5.88 Å². The van der Waals surface area contributed by atoms with Crippen molar-refractivity contribution in [1.29, 1.82) is 0 Å². The Hall–Kier alpha value is -2.31. The van der Waals surface area contributed by atoms with E-state index < -0.39 is 0 Å². The molecule has 0 saturated carbocycles. The molecular weight excluding hydrogens is 328 g/mol. The largest absolute Gasteiger partial charge is 0.474 e. The lowest BCUT2D eigenvalue weighted by Crippen LogP contribution is -2.31. The number of nitrogens with zero attached hydrogens (tertiary/aromatic N) is 3. The molecule has 2 aromatic heterocycles. The van der Waals surface area contributed by atoms with Crippen LogP contribution in [0.5, 0.6) is 5.88 Å². The number of aromatic amines is 1. The summed E-state index contributed by atoms with van der Waals surface area (Å²) in [5, 5.41) is 10.7. The van der Waals surface area contributed by atoms with Crippen molar-refractivity contribution in [2.45, 2.75) is 13.0 Å². The van der Waals surface area contributed by atoms with Gasteiger partial charge >= 0.3 is 0 Å². The van der Waals surface area contributed by atoms with Crippen LogP contribution in [0.15, 0.2) is 30.6 Å².